The van der Waals surface area contributed by atoms with Crippen molar-refractivity contribution in [3.8, 4) is 0 Å². The highest BCUT2D eigenvalue weighted by molar-refractivity contribution is 7.08. The van der Waals surface area contributed by atoms with Gasteiger partial charge in [0, 0.05) is 19.5 Å². The highest BCUT2D eigenvalue weighted by Crippen LogP contribution is 2.23. The summed E-state index contributed by atoms with van der Waals surface area (Å²) in [5, 5.41) is 24.6. The highest BCUT2D eigenvalue weighted by Gasteiger charge is 2.23. The van der Waals surface area contributed by atoms with Crippen molar-refractivity contribution in [2.24, 2.45) is 4.99 Å². The summed E-state index contributed by atoms with van der Waals surface area (Å²) < 4.78 is 5.09. The molecular formula is C16H25N5O2S. The van der Waals surface area contributed by atoms with Gasteiger partial charge in [-0.2, -0.15) is 16.3 Å². The van der Waals surface area contributed by atoms with Crippen LogP contribution in [0.2, 0.25) is 0 Å². The smallest absolute Gasteiger partial charge is 0.226 e. The zero-order valence-electron chi connectivity index (χ0n) is 14.4. The maximum Gasteiger partial charge on any atom is 0.226 e. The molecule has 7 nitrogen and oxygen atoms in total. The Morgan fingerprint density at radius 2 is 2.29 bits per heavy atom. The van der Waals surface area contributed by atoms with Gasteiger partial charge in [0.25, 0.3) is 0 Å². The Kier molecular flexibility index (Phi) is 6.74. The van der Waals surface area contributed by atoms with Gasteiger partial charge in [0.15, 0.2) is 11.8 Å². The van der Waals surface area contributed by atoms with Gasteiger partial charge in [0.05, 0.1) is 6.54 Å². The van der Waals surface area contributed by atoms with E-state index in [-0.39, 0.29) is 0 Å². The molecule has 0 saturated carbocycles. The molecule has 8 heteroatoms. The lowest BCUT2D eigenvalue weighted by Crippen LogP contribution is -2.39. The van der Waals surface area contributed by atoms with Crippen LogP contribution in [0.4, 0.5) is 0 Å². The first-order valence-corrected chi connectivity index (χ1v) is 9.02. The number of hydrogen-bond donors (Lipinski definition) is 3. The number of rotatable bonds is 8. The third-order valence-electron chi connectivity index (χ3n) is 3.46. The number of aryl methyl sites for hydroxylation is 2. The third-order valence-corrected chi connectivity index (χ3v) is 4.15. The minimum Gasteiger partial charge on any atom is -0.383 e. The summed E-state index contributed by atoms with van der Waals surface area (Å²) in [6.45, 7) is 7.38. The maximum atomic E-state index is 10.5. The molecule has 132 valence electrons. The predicted molar refractivity (Wildman–Crippen MR) is 95.2 cm³/mol. The van der Waals surface area contributed by atoms with Crippen molar-refractivity contribution >= 4 is 17.3 Å². The zero-order valence-corrected chi connectivity index (χ0v) is 15.2. The fourth-order valence-electron chi connectivity index (χ4n) is 2.12. The van der Waals surface area contributed by atoms with Crippen molar-refractivity contribution in [2.75, 3.05) is 19.6 Å². The lowest BCUT2D eigenvalue weighted by atomic mass is 10.00. The van der Waals surface area contributed by atoms with Crippen molar-refractivity contribution in [1.82, 2.24) is 20.8 Å². The van der Waals surface area contributed by atoms with Gasteiger partial charge < -0.3 is 20.3 Å². The van der Waals surface area contributed by atoms with Crippen LogP contribution in [0.1, 0.15) is 37.5 Å². The predicted octanol–water partition coefficient (Wildman–Crippen LogP) is 1.83. The topological polar surface area (TPSA) is 95.6 Å². The third kappa shape index (κ3) is 5.61. The molecule has 0 spiro atoms. The molecule has 3 N–H and O–H groups in total. The van der Waals surface area contributed by atoms with E-state index >= 15 is 0 Å². The van der Waals surface area contributed by atoms with Gasteiger partial charge in [-0.15, -0.1) is 0 Å². The summed E-state index contributed by atoms with van der Waals surface area (Å²) >= 11 is 1.57. The van der Waals surface area contributed by atoms with Crippen LogP contribution in [-0.2, 0) is 12.0 Å². The number of nitrogens with zero attached hydrogens (tertiary/aromatic N) is 3. The van der Waals surface area contributed by atoms with Crippen molar-refractivity contribution in [2.45, 2.75) is 39.2 Å². The van der Waals surface area contributed by atoms with E-state index in [0.29, 0.717) is 24.2 Å². The Hall–Kier alpha value is -1.93. The normalized spacial score (nSPS) is 14.4. The second-order valence-electron chi connectivity index (χ2n) is 5.75. The standard InChI is InChI=1S/C16H25N5O2S/c1-4-17-15(18-8-5-6-14-20-12(2)21-23-14)19-11-16(3,22)13-7-9-24-10-13/h7,9-10,22H,4-6,8,11H2,1-3H3,(H2,17,18,19). The molecule has 1 unspecified atom stereocenters. The molecule has 2 aromatic heterocycles. The van der Waals surface area contributed by atoms with E-state index in [1.54, 1.807) is 25.2 Å². The Morgan fingerprint density at radius 3 is 2.92 bits per heavy atom. The fraction of sp³-hybridized carbons (Fsp3) is 0.562. The minimum atomic E-state index is -0.969. The van der Waals surface area contributed by atoms with Crippen LogP contribution in [0, 0.1) is 6.92 Å². The van der Waals surface area contributed by atoms with Crippen molar-refractivity contribution < 1.29 is 9.63 Å². The molecule has 0 fully saturated rings. The van der Waals surface area contributed by atoms with E-state index in [4.69, 9.17) is 4.52 Å². The second-order valence-corrected chi connectivity index (χ2v) is 6.53. The lowest BCUT2D eigenvalue weighted by Gasteiger charge is -2.21. The average molecular weight is 351 g/mol. The summed E-state index contributed by atoms with van der Waals surface area (Å²) in [6, 6.07) is 1.92. The summed E-state index contributed by atoms with van der Waals surface area (Å²) in [7, 11) is 0. The van der Waals surface area contributed by atoms with Crippen LogP contribution in [0.25, 0.3) is 0 Å². The Morgan fingerprint density at radius 1 is 1.46 bits per heavy atom. The molecule has 2 aromatic rings. The Labute approximate surface area is 146 Å². The van der Waals surface area contributed by atoms with Crippen LogP contribution in [0.5, 0.6) is 0 Å². The summed E-state index contributed by atoms with van der Waals surface area (Å²) in [4.78, 5) is 8.66. The fourth-order valence-corrected chi connectivity index (χ4v) is 2.91. The van der Waals surface area contributed by atoms with E-state index < -0.39 is 5.60 Å². The highest BCUT2D eigenvalue weighted by atomic mass is 32.1. The van der Waals surface area contributed by atoms with Gasteiger partial charge >= 0.3 is 0 Å². The molecule has 2 rings (SSSR count). The number of nitrogens with one attached hydrogen (secondary N) is 2. The van der Waals surface area contributed by atoms with Crippen LogP contribution in [0.3, 0.4) is 0 Å². The molecule has 0 aliphatic rings. The molecule has 0 aliphatic heterocycles. The molecule has 1 atom stereocenters. The van der Waals surface area contributed by atoms with Crippen LogP contribution in [-0.4, -0.2) is 40.8 Å². The minimum absolute atomic E-state index is 0.294. The molecule has 0 aliphatic carbocycles. The first-order chi connectivity index (χ1) is 11.5. The largest absolute Gasteiger partial charge is 0.383 e. The van der Waals surface area contributed by atoms with Crippen LogP contribution < -0.4 is 10.6 Å². The SMILES string of the molecule is CCNC(=NCC(C)(O)c1ccsc1)NCCCc1nc(C)no1. The number of hydrogen-bond acceptors (Lipinski definition) is 6. The van der Waals surface area contributed by atoms with E-state index in [9.17, 15) is 5.11 Å². The lowest BCUT2D eigenvalue weighted by molar-refractivity contribution is 0.0677. The Balaban J connectivity index is 1.82. The molecule has 2 heterocycles. The van der Waals surface area contributed by atoms with E-state index in [0.717, 1.165) is 31.5 Å². The Bertz CT molecular complexity index is 637. The summed E-state index contributed by atoms with van der Waals surface area (Å²) in [5.41, 5.74) is -0.0808. The molecule has 0 saturated heterocycles. The summed E-state index contributed by atoms with van der Waals surface area (Å²) in [6.07, 6.45) is 1.58. The second kappa shape index (κ2) is 8.79. The van der Waals surface area contributed by atoms with E-state index in [1.165, 1.54) is 0 Å². The van der Waals surface area contributed by atoms with Gasteiger partial charge in [-0.05, 0) is 49.6 Å². The van der Waals surface area contributed by atoms with Gasteiger partial charge in [-0.1, -0.05) is 5.16 Å². The quantitative estimate of drug-likeness (QED) is 0.381. The molecule has 0 bridgehead atoms. The number of aliphatic hydroxyl groups is 1. The van der Waals surface area contributed by atoms with Crippen LogP contribution >= 0.6 is 11.3 Å². The average Bonchev–Trinajstić information content (AvgIpc) is 3.21. The molecular weight excluding hydrogens is 326 g/mol. The van der Waals surface area contributed by atoms with Crippen LogP contribution in [0.15, 0.2) is 26.3 Å². The van der Waals surface area contributed by atoms with Gasteiger partial charge in [0.1, 0.15) is 5.60 Å². The first-order valence-electron chi connectivity index (χ1n) is 8.07. The van der Waals surface area contributed by atoms with Gasteiger partial charge in [-0.3, -0.25) is 0 Å². The van der Waals surface area contributed by atoms with E-state index in [1.807, 2.05) is 23.8 Å². The van der Waals surface area contributed by atoms with Crippen molar-refractivity contribution in [3.63, 3.8) is 0 Å². The van der Waals surface area contributed by atoms with Crippen molar-refractivity contribution in [1.29, 1.82) is 0 Å². The first kappa shape index (κ1) is 18.4. The maximum absolute atomic E-state index is 10.5. The molecule has 0 radical (unpaired) electrons. The van der Waals surface area contributed by atoms with Gasteiger partial charge in [-0.25, -0.2) is 4.99 Å². The van der Waals surface area contributed by atoms with E-state index in [2.05, 4.69) is 25.8 Å². The number of aliphatic imine (C=N–C) groups is 1. The number of aromatic nitrogens is 2. The van der Waals surface area contributed by atoms with Gasteiger partial charge in [0.2, 0.25) is 5.89 Å². The number of thiophene rings is 1. The number of guanidine groups is 1. The zero-order chi connectivity index (χ0) is 17.4. The van der Waals surface area contributed by atoms with Crippen molar-refractivity contribution in [3.05, 3.63) is 34.1 Å². The molecule has 24 heavy (non-hydrogen) atoms. The molecule has 0 amide bonds. The summed E-state index contributed by atoms with van der Waals surface area (Å²) in [5.74, 6) is 2.00. The molecule has 0 aromatic carbocycles. The monoisotopic (exact) mass is 351 g/mol.